The third-order valence-electron chi connectivity index (χ3n) is 12.1. The van der Waals surface area contributed by atoms with Gasteiger partial charge in [0, 0.05) is 22.5 Å². The van der Waals surface area contributed by atoms with Crippen LogP contribution in [0.5, 0.6) is 0 Å². The van der Waals surface area contributed by atoms with E-state index in [1.165, 1.54) is 66.8 Å². The lowest BCUT2D eigenvalue weighted by atomic mass is 9.79. The Labute approximate surface area is 338 Å². The van der Waals surface area contributed by atoms with Gasteiger partial charge >= 0.3 is 0 Å². The van der Waals surface area contributed by atoms with Crippen LogP contribution in [0.1, 0.15) is 130 Å². The molecule has 0 saturated carbocycles. The smallest absolute Gasteiger partial charge is 0.0467 e. The average Bonchev–Trinajstić information content (AvgIpc) is 3.36. The fraction of sp³-hybridized carbons (Fsp3) is 0.345. The monoisotopic (exact) mass is 737 g/mol. The first-order chi connectivity index (χ1) is 26.0. The summed E-state index contributed by atoms with van der Waals surface area (Å²) in [5.41, 5.74) is 19.4. The van der Waals surface area contributed by atoms with Gasteiger partial charge in [-0.15, -0.1) is 0 Å². The van der Waals surface area contributed by atoms with E-state index in [1.807, 2.05) is 0 Å². The van der Waals surface area contributed by atoms with Gasteiger partial charge in [-0.2, -0.15) is 0 Å². The average molecular weight is 738 g/mol. The topological polar surface area (TPSA) is 3.24 Å². The molecule has 56 heavy (non-hydrogen) atoms. The lowest BCUT2D eigenvalue weighted by Crippen LogP contribution is -2.17. The quantitative estimate of drug-likeness (QED) is 0.170. The molecule has 0 N–H and O–H groups in total. The predicted octanol–water partition coefficient (Wildman–Crippen LogP) is 16.0. The van der Waals surface area contributed by atoms with Gasteiger partial charge in [0.15, 0.2) is 0 Å². The van der Waals surface area contributed by atoms with Crippen molar-refractivity contribution in [2.75, 3.05) is 4.90 Å². The van der Waals surface area contributed by atoms with Crippen molar-refractivity contribution in [1.82, 2.24) is 0 Å². The SMILES string of the molecule is CC(C)(C)c1cc(-c2ccc(N(c3cccc(-c4cc(C(C)(C)C)cc(C(C)(C)C)c4)c3)c3ccc4c(c3)C(C)(C)c3ccccc3-4)cc2)cc(C(C)(C)C)c1. The molecule has 0 unspecified atom stereocenters. The molecule has 0 bridgehead atoms. The summed E-state index contributed by atoms with van der Waals surface area (Å²) in [6, 6.07) is 48.8. The van der Waals surface area contributed by atoms with E-state index in [1.54, 1.807) is 0 Å². The number of anilines is 3. The molecule has 0 amide bonds. The van der Waals surface area contributed by atoms with Gasteiger partial charge in [0.2, 0.25) is 0 Å². The number of nitrogens with zero attached hydrogens (tertiary/aromatic N) is 1. The van der Waals surface area contributed by atoms with Crippen LogP contribution in [-0.4, -0.2) is 0 Å². The summed E-state index contributed by atoms with van der Waals surface area (Å²) in [4.78, 5) is 2.46. The molecule has 0 heterocycles. The normalized spacial score (nSPS) is 14.0. The largest absolute Gasteiger partial charge is 0.310 e. The highest BCUT2D eigenvalue weighted by molar-refractivity contribution is 5.87. The molecule has 288 valence electrons. The predicted molar refractivity (Wildman–Crippen MR) is 244 cm³/mol. The second-order valence-electron chi connectivity index (χ2n) is 20.9. The minimum atomic E-state index is -0.0983. The molecule has 0 radical (unpaired) electrons. The molecule has 1 heteroatoms. The summed E-state index contributed by atoms with van der Waals surface area (Å²) >= 11 is 0. The second-order valence-corrected chi connectivity index (χ2v) is 20.9. The first-order valence-corrected chi connectivity index (χ1v) is 20.6. The van der Waals surface area contributed by atoms with Gasteiger partial charge in [0.05, 0.1) is 0 Å². The van der Waals surface area contributed by atoms with E-state index >= 15 is 0 Å². The Morgan fingerprint density at radius 2 is 0.786 bits per heavy atom. The zero-order chi connectivity index (χ0) is 40.6. The molecule has 6 aromatic carbocycles. The third-order valence-corrected chi connectivity index (χ3v) is 12.1. The van der Waals surface area contributed by atoms with E-state index in [0.717, 1.165) is 17.1 Å². The minimum absolute atomic E-state index is 0.0379. The zero-order valence-corrected chi connectivity index (χ0v) is 36.6. The second kappa shape index (κ2) is 13.7. The fourth-order valence-electron chi connectivity index (χ4n) is 8.23. The van der Waals surface area contributed by atoms with Gasteiger partial charge in [-0.25, -0.2) is 0 Å². The molecule has 1 aliphatic carbocycles. The number of hydrogen-bond donors (Lipinski definition) is 0. The standard InChI is InChI=1S/C55H63N/c1-51(2,3)40-28-38(29-41(33-40)52(4,5)6)36-22-24-44(25-23-36)56(46-26-27-48-47-20-15-16-21-49(47)55(13,14)50(48)35-46)45-19-17-18-37(32-45)39-30-42(53(7,8)9)34-43(31-39)54(10,11)12/h15-35H,1-14H3. The van der Waals surface area contributed by atoms with E-state index in [-0.39, 0.29) is 27.1 Å². The van der Waals surface area contributed by atoms with Crippen molar-refractivity contribution in [3.63, 3.8) is 0 Å². The summed E-state index contributed by atoms with van der Waals surface area (Å²) in [5.74, 6) is 0. The lowest BCUT2D eigenvalue weighted by Gasteiger charge is -2.29. The highest BCUT2D eigenvalue weighted by atomic mass is 15.1. The van der Waals surface area contributed by atoms with Gasteiger partial charge in [0.25, 0.3) is 0 Å². The maximum atomic E-state index is 2.46. The van der Waals surface area contributed by atoms with Crippen molar-refractivity contribution in [1.29, 1.82) is 0 Å². The van der Waals surface area contributed by atoms with E-state index in [9.17, 15) is 0 Å². The number of rotatable bonds is 5. The van der Waals surface area contributed by atoms with Crippen molar-refractivity contribution in [2.45, 2.75) is 124 Å². The summed E-state index contributed by atoms with van der Waals surface area (Å²) in [5, 5.41) is 0. The molecule has 0 atom stereocenters. The highest BCUT2D eigenvalue weighted by Crippen LogP contribution is 2.51. The Morgan fingerprint density at radius 1 is 0.339 bits per heavy atom. The fourth-order valence-corrected chi connectivity index (χ4v) is 8.23. The molecule has 0 fully saturated rings. The molecule has 6 aromatic rings. The molecule has 1 aliphatic rings. The van der Waals surface area contributed by atoms with Crippen molar-refractivity contribution in [3.8, 4) is 33.4 Å². The van der Waals surface area contributed by atoms with Crippen LogP contribution in [0.25, 0.3) is 33.4 Å². The molecule has 0 spiro atoms. The Bertz CT molecular complexity index is 2340. The minimum Gasteiger partial charge on any atom is -0.310 e. The number of hydrogen-bond acceptors (Lipinski definition) is 1. The number of fused-ring (bicyclic) bond motifs is 3. The summed E-state index contributed by atoms with van der Waals surface area (Å²) in [6.07, 6.45) is 0. The van der Waals surface area contributed by atoms with Crippen LogP contribution >= 0.6 is 0 Å². The van der Waals surface area contributed by atoms with Crippen molar-refractivity contribution >= 4 is 17.1 Å². The van der Waals surface area contributed by atoms with Gasteiger partial charge in [-0.05, 0) is 125 Å². The zero-order valence-electron chi connectivity index (χ0n) is 36.6. The third kappa shape index (κ3) is 7.50. The summed E-state index contributed by atoms with van der Waals surface area (Å²) < 4.78 is 0. The van der Waals surface area contributed by atoms with Crippen molar-refractivity contribution in [2.24, 2.45) is 0 Å². The van der Waals surface area contributed by atoms with Crippen LogP contribution in [-0.2, 0) is 27.1 Å². The van der Waals surface area contributed by atoms with Crippen LogP contribution < -0.4 is 4.90 Å². The van der Waals surface area contributed by atoms with Crippen LogP contribution in [0.15, 0.2) is 127 Å². The Hall–Kier alpha value is -4.88. The maximum absolute atomic E-state index is 2.46. The first kappa shape index (κ1) is 39.4. The highest BCUT2D eigenvalue weighted by Gasteiger charge is 2.36. The molecule has 0 saturated heterocycles. The van der Waals surface area contributed by atoms with Crippen molar-refractivity contribution in [3.05, 3.63) is 161 Å². The Kier molecular flexibility index (Phi) is 9.59. The lowest BCUT2D eigenvalue weighted by molar-refractivity contribution is 0.568. The van der Waals surface area contributed by atoms with Crippen molar-refractivity contribution < 1.29 is 0 Å². The molecule has 0 aromatic heterocycles. The van der Waals surface area contributed by atoms with E-state index in [2.05, 4.69) is 229 Å². The van der Waals surface area contributed by atoms with Crippen LogP contribution in [0, 0.1) is 0 Å². The molecule has 1 nitrogen and oxygen atoms in total. The summed E-state index contributed by atoms with van der Waals surface area (Å²) in [6.45, 7) is 32.5. The van der Waals surface area contributed by atoms with Gasteiger partial charge in [0.1, 0.15) is 0 Å². The maximum Gasteiger partial charge on any atom is 0.0467 e. The summed E-state index contributed by atoms with van der Waals surface area (Å²) in [7, 11) is 0. The van der Waals surface area contributed by atoms with E-state index in [4.69, 9.17) is 0 Å². The Balaban J connectivity index is 1.39. The number of benzene rings is 6. The molecule has 7 rings (SSSR count). The van der Waals surface area contributed by atoms with Gasteiger partial charge in [-0.3, -0.25) is 0 Å². The first-order valence-electron chi connectivity index (χ1n) is 20.6. The van der Waals surface area contributed by atoms with Gasteiger partial charge < -0.3 is 4.90 Å². The van der Waals surface area contributed by atoms with Crippen LogP contribution in [0.3, 0.4) is 0 Å². The molecular formula is C55H63N. The van der Waals surface area contributed by atoms with Crippen LogP contribution in [0.4, 0.5) is 17.1 Å². The van der Waals surface area contributed by atoms with Crippen LogP contribution in [0.2, 0.25) is 0 Å². The molecular weight excluding hydrogens is 675 g/mol. The van der Waals surface area contributed by atoms with Gasteiger partial charge in [-0.1, -0.05) is 188 Å². The Morgan fingerprint density at radius 3 is 1.30 bits per heavy atom. The molecule has 0 aliphatic heterocycles. The van der Waals surface area contributed by atoms with E-state index < -0.39 is 0 Å². The van der Waals surface area contributed by atoms with E-state index in [0.29, 0.717) is 0 Å².